The summed E-state index contributed by atoms with van der Waals surface area (Å²) in [7, 11) is 1.53. The van der Waals surface area contributed by atoms with E-state index in [1.807, 2.05) is 0 Å². The number of benzene rings is 2. The van der Waals surface area contributed by atoms with E-state index in [-0.39, 0.29) is 10.8 Å². The minimum absolute atomic E-state index is 0.101. The van der Waals surface area contributed by atoms with Crippen LogP contribution in [0, 0.1) is 0 Å². The third kappa shape index (κ3) is 4.37. The fraction of sp³-hybridized carbons (Fsp3) is 0.0667. The summed E-state index contributed by atoms with van der Waals surface area (Å²) in [6, 6.07) is 7.75. The monoisotopic (exact) mass is 416 g/mol. The molecule has 120 valence electrons. The highest BCUT2D eigenvalue weighted by atomic mass is 79.9. The molecule has 0 aliphatic carbocycles. The molecule has 2 aromatic rings. The van der Waals surface area contributed by atoms with E-state index < -0.39 is 5.91 Å². The van der Waals surface area contributed by atoms with Crippen molar-refractivity contribution in [2.75, 3.05) is 7.11 Å². The van der Waals surface area contributed by atoms with Crippen molar-refractivity contribution in [3.05, 3.63) is 56.0 Å². The van der Waals surface area contributed by atoms with E-state index in [0.717, 1.165) is 0 Å². The van der Waals surface area contributed by atoms with E-state index in [9.17, 15) is 9.90 Å². The molecule has 2 aromatic carbocycles. The first-order valence-electron chi connectivity index (χ1n) is 6.27. The Kier molecular flexibility index (Phi) is 5.87. The molecule has 5 nitrogen and oxygen atoms in total. The van der Waals surface area contributed by atoms with Crippen molar-refractivity contribution in [1.29, 1.82) is 0 Å². The van der Waals surface area contributed by atoms with Gasteiger partial charge in [-0.3, -0.25) is 4.79 Å². The van der Waals surface area contributed by atoms with Gasteiger partial charge in [-0.05, 0) is 46.3 Å². The van der Waals surface area contributed by atoms with E-state index in [4.69, 9.17) is 27.9 Å². The number of hydrogen-bond acceptors (Lipinski definition) is 4. The van der Waals surface area contributed by atoms with Crippen LogP contribution in [0.3, 0.4) is 0 Å². The maximum atomic E-state index is 12.0. The number of methoxy groups -OCH3 is 1. The zero-order valence-electron chi connectivity index (χ0n) is 11.8. The number of carbonyl (C=O) groups excluding carboxylic acids is 1. The SMILES string of the molecule is COc1ccc(C(=O)N/N=C/c2cc(Cl)cc(Cl)c2O)cc1Br. The van der Waals surface area contributed by atoms with Gasteiger partial charge in [0.2, 0.25) is 0 Å². The molecule has 8 heteroatoms. The number of hydrazone groups is 1. The predicted octanol–water partition coefficient (Wildman–Crippen LogP) is 4.23. The number of nitrogens with zero attached hydrogens (tertiary/aromatic N) is 1. The van der Waals surface area contributed by atoms with Gasteiger partial charge in [0.05, 0.1) is 22.8 Å². The van der Waals surface area contributed by atoms with Gasteiger partial charge in [0.1, 0.15) is 11.5 Å². The third-order valence-electron chi connectivity index (χ3n) is 2.84. The predicted molar refractivity (Wildman–Crippen MR) is 93.9 cm³/mol. The molecule has 0 heterocycles. The summed E-state index contributed by atoms with van der Waals surface area (Å²) in [5, 5.41) is 14.0. The molecule has 0 fully saturated rings. The summed E-state index contributed by atoms with van der Waals surface area (Å²) in [4.78, 5) is 12.0. The lowest BCUT2D eigenvalue weighted by Gasteiger charge is -2.05. The van der Waals surface area contributed by atoms with Gasteiger partial charge in [-0.2, -0.15) is 5.10 Å². The van der Waals surface area contributed by atoms with Gasteiger partial charge in [-0.1, -0.05) is 23.2 Å². The zero-order valence-corrected chi connectivity index (χ0v) is 14.9. The molecule has 0 bridgehead atoms. The molecule has 0 unspecified atom stereocenters. The lowest BCUT2D eigenvalue weighted by atomic mass is 10.2. The number of rotatable bonds is 4. The quantitative estimate of drug-likeness (QED) is 0.577. The number of phenolic OH excluding ortho intramolecular Hbond substituents is 1. The highest BCUT2D eigenvalue weighted by Gasteiger charge is 2.09. The van der Waals surface area contributed by atoms with E-state index in [1.54, 1.807) is 18.2 Å². The van der Waals surface area contributed by atoms with Crippen LogP contribution in [0.2, 0.25) is 10.0 Å². The van der Waals surface area contributed by atoms with Crippen molar-refractivity contribution in [1.82, 2.24) is 5.43 Å². The fourth-order valence-electron chi connectivity index (χ4n) is 1.72. The third-order valence-corrected chi connectivity index (χ3v) is 3.97. The van der Waals surface area contributed by atoms with Crippen molar-refractivity contribution in [3.8, 4) is 11.5 Å². The van der Waals surface area contributed by atoms with Gasteiger partial charge in [-0.15, -0.1) is 0 Å². The number of phenols is 1. The number of hydrogen-bond donors (Lipinski definition) is 2. The Morgan fingerprint density at radius 1 is 1.35 bits per heavy atom. The summed E-state index contributed by atoms with van der Waals surface area (Å²) in [6.45, 7) is 0. The minimum atomic E-state index is -0.419. The van der Waals surface area contributed by atoms with Crippen molar-refractivity contribution < 1.29 is 14.6 Å². The van der Waals surface area contributed by atoms with Gasteiger partial charge in [0, 0.05) is 16.1 Å². The largest absolute Gasteiger partial charge is 0.506 e. The van der Waals surface area contributed by atoms with Gasteiger partial charge >= 0.3 is 0 Å². The Hall–Kier alpha value is -1.76. The normalized spacial score (nSPS) is 10.8. The molecule has 0 atom stereocenters. The van der Waals surface area contributed by atoms with E-state index in [0.29, 0.717) is 26.4 Å². The van der Waals surface area contributed by atoms with Crippen LogP contribution in [0.25, 0.3) is 0 Å². The molecule has 0 saturated heterocycles. The molecule has 2 rings (SSSR count). The number of aromatic hydroxyl groups is 1. The molecular weight excluding hydrogens is 407 g/mol. The summed E-state index contributed by atoms with van der Waals surface area (Å²) >= 11 is 14.9. The molecular formula is C15H11BrCl2N2O3. The second-order valence-corrected chi connectivity index (χ2v) is 6.07. The van der Waals surface area contributed by atoms with Crippen LogP contribution >= 0.6 is 39.1 Å². The van der Waals surface area contributed by atoms with Crippen molar-refractivity contribution in [2.24, 2.45) is 5.10 Å². The maximum Gasteiger partial charge on any atom is 0.271 e. The Balaban J connectivity index is 2.11. The highest BCUT2D eigenvalue weighted by Crippen LogP contribution is 2.30. The summed E-state index contributed by atoms with van der Waals surface area (Å²) in [5.74, 6) is 0.0296. The average molecular weight is 418 g/mol. The number of halogens is 3. The first-order valence-corrected chi connectivity index (χ1v) is 7.82. The highest BCUT2D eigenvalue weighted by molar-refractivity contribution is 9.10. The zero-order chi connectivity index (χ0) is 17.0. The Morgan fingerprint density at radius 3 is 2.74 bits per heavy atom. The van der Waals surface area contributed by atoms with Crippen LogP contribution in [-0.4, -0.2) is 24.3 Å². The van der Waals surface area contributed by atoms with E-state index in [1.165, 1.54) is 25.5 Å². The second-order valence-electron chi connectivity index (χ2n) is 4.37. The van der Waals surface area contributed by atoms with Gasteiger partial charge in [0.15, 0.2) is 0 Å². The van der Waals surface area contributed by atoms with Crippen LogP contribution in [0.4, 0.5) is 0 Å². The molecule has 0 aromatic heterocycles. The molecule has 1 amide bonds. The van der Waals surface area contributed by atoms with E-state index >= 15 is 0 Å². The lowest BCUT2D eigenvalue weighted by Crippen LogP contribution is -2.17. The maximum absolute atomic E-state index is 12.0. The second kappa shape index (κ2) is 7.68. The van der Waals surface area contributed by atoms with Crippen molar-refractivity contribution >= 4 is 51.3 Å². The van der Waals surface area contributed by atoms with Crippen molar-refractivity contribution in [2.45, 2.75) is 0 Å². The van der Waals surface area contributed by atoms with Crippen LogP contribution in [0.1, 0.15) is 15.9 Å². The van der Waals surface area contributed by atoms with Crippen LogP contribution < -0.4 is 10.2 Å². The van der Waals surface area contributed by atoms with E-state index in [2.05, 4.69) is 26.5 Å². The number of carbonyl (C=O) groups is 1. The number of amides is 1. The first kappa shape index (κ1) is 17.6. The smallest absolute Gasteiger partial charge is 0.271 e. The molecule has 23 heavy (non-hydrogen) atoms. The topological polar surface area (TPSA) is 70.9 Å². The Morgan fingerprint density at radius 2 is 2.09 bits per heavy atom. The van der Waals surface area contributed by atoms with Crippen LogP contribution in [0.15, 0.2) is 39.9 Å². The molecule has 0 spiro atoms. The standard InChI is InChI=1S/C15H11BrCl2N2O3/c1-23-13-3-2-8(5-11(13)16)15(22)20-19-7-9-4-10(17)6-12(18)14(9)21/h2-7,21H,1H3,(H,20,22)/b19-7+. The number of nitrogens with one attached hydrogen (secondary N) is 1. The molecule has 0 aliphatic rings. The Labute approximate surface area is 151 Å². The number of ether oxygens (including phenoxy) is 1. The van der Waals surface area contributed by atoms with Crippen LogP contribution in [0.5, 0.6) is 11.5 Å². The van der Waals surface area contributed by atoms with Gasteiger partial charge < -0.3 is 9.84 Å². The summed E-state index contributed by atoms with van der Waals surface area (Å²) in [5.41, 5.74) is 3.03. The van der Waals surface area contributed by atoms with Gasteiger partial charge in [-0.25, -0.2) is 5.43 Å². The van der Waals surface area contributed by atoms with Crippen LogP contribution in [-0.2, 0) is 0 Å². The fourth-order valence-corrected chi connectivity index (χ4v) is 2.77. The molecule has 2 N–H and O–H groups in total. The summed E-state index contributed by atoms with van der Waals surface area (Å²) < 4.78 is 5.74. The molecule has 0 aliphatic heterocycles. The lowest BCUT2D eigenvalue weighted by molar-refractivity contribution is 0.0955. The van der Waals surface area contributed by atoms with Crippen molar-refractivity contribution in [3.63, 3.8) is 0 Å². The summed E-state index contributed by atoms with van der Waals surface area (Å²) in [6.07, 6.45) is 1.25. The average Bonchev–Trinajstić information content (AvgIpc) is 2.51. The first-order chi connectivity index (χ1) is 10.9. The molecule has 0 radical (unpaired) electrons. The Bertz CT molecular complexity index is 782. The molecule has 0 saturated carbocycles. The van der Waals surface area contributed by atoms with Gasteiger partial charge in [0.25, 0.3) is 5.91 Å². The minimum Gasteiger partial charge on any atom is -0.506 e.